The maximum Gasteiger partial charge on any atom is 0.326 e. The minimum absolute atomic E-state index is 0.0254. The molecule has 0 atom stereocenters. The highest BCUT2D eigenvalue weighted by molar-refractivity contribution is 6.01. The van der Waals surface area contributed by atoms with Gasteiger partial charge in [-0.2, -0.15) is 0 Å². The lowest BCUT2D eigenvalue weighted by Crippen LogP contribution is -2.37. The molecule has 33 heavy (non-hydrogen) atoms. The molecule has 3 amide bonds. The summed E-state index contributed by atoms with van der Waals surface area (Å²) >= 11 is 0. The third-order valence-corrected chi connectivity index (χ3v) is 5.10. The lowest BCUT2D eigenvalue weighted by Gasteiger charge is -2.23. The van der Waals surface area contributed by atoms with Gasteiger partial charge in [-0.1, -0.05) is 26.2 Å². The van der Waals surface area contributed by atoms with Gasteiger partial charge in [0.1, 0.15) is 5.75 Å². The Morgan fingerprint density at radius 2 is 1.70 bits per heavy atom. The molecule has 2 N–H and O–H groups in total. The van der Waals surface area contributed by atoms with Gasteiger partial charge in [0.25, 0.3) is 5.69 Å². The number of carbonyl (C=O) groups is 2. The molecule has 0 spiro atoms. The number of hydrogen-bond donors (Lipinski definition) is 2. The number of benzene rings is 2. The zero-order valence-corrected chi connectivity index (χ0v) is 19.2. The summed E-state index contributed by atoms with van der Waals surface area (Å²) in [5, 5.41) is 16.5. The zero-order chi connectivity index (χ0) is 24.1. The van der Waals surface area contributed by atoms with E-state index in [4.69, 9.17) is 4.74 Å². The topological polar surface area (TPSA) is 114 Å². The van der Waals surface area contributed by atoms with Crippen molar-refractivity contribution < 1.29 is 19.2 Å². The number of urea groups is 1. The number of nitrogens with zero attached hydrogens (tertiary/aromatic N) is 2. The fourth-order valence-electron chi connectivity index (χ4n) is 3.23. The first-order chi connectivity index (χ1) is 15.9. The molecule has 0 aliphatic heterocycles. The van der Waals surface area contributed by atoms with E-state index in [-0.39, 0.29) is 17.6 Å². The number of anilines is 2. The second-order valence-electron chi connectivity index (χ2n) is 7.60. The van der Waals surface area contributed by atoms with Crippen LogP contribution in [0.3, 0.4) is 0 Å². The summed E-state index contributed by atoms with van der Waals surface area (Å²) in [6, 6.07) is 12.4. The Morgan fingerprint density at radius 3 is 2.30 bits per heavy atom. The lowest BCUT2D eigenvalue weighted by atomic mass is 10.1. The van der Waals surface area contributed by atoms with E-state index in [9.17, 15) is 19.7 Å². The molecule has 0 aromatic heterocycles. The fraction of sp³-hybridized carbons (Fsp3) is 0.417. The smallest absolute Gasteiger partial charge is 0.326 e. The first-order valence-electron chi connectivity index (χ1n) is 11.2. The molecule has 0 bridgehead atoms. The van der Waals surface area contributed by atoms with E-state index in [0.29, 0.717) is 43.1 Å². The minimum Gasteiger partial charge on any atom is -0.497 e. The van der Waals surface area contributed by atoms with Crippen molar-refractivity contribution in [2.75, 3.05) is 30.4 Å². The number of nitro groups is 1. The van der Waals surface area contributed by atoms with Gasteiger partial charge < -0.3 is 15.4 Å². The number of nitrogens with one attached hydrogen (secondary N) is 2. The van der Waals surface area contributed by atoms with Crippen molar-refractivity contribution in [2.24, 2.45) is 0 Å². The summed E-state index contributed by atoms with van der Waals surface area (Å²) in [5.41, 5.74) is 1.07. The Labute approximate surface area is 194 Å². The molecule has 0 fully saturated rings. The van der Waals surface area contributed by atoms with Crippen molar-refractivity contribution in [2.45, 2.75) is 45.4 Å². The Bertz CT molecular complexity index is 900. The van der Waals surface area contributed by atoms with Gasteiger partial charge in [0, 0.05) is 43.0 Å². The first-order valence-corrected chi connectivity index (χ1v) is 11.2. The van der Waals surface area contributed by atoms with Crippen LogP contribution in [0.2, 0.25) is 0 Å². The van der Waals surface area contributed by atoms with Crippen molar-refractivity contribution in [1.82, 2.24) is 5.32 Å². The highest BCUT2D eigenvalue weighted by Gasteiger charge is 2.17. The SMILES string of the molecule is CCCCCCC(=O)NCCCN(C(=O)Nc1ccc([N+](=O)[O-])cc1)c1ccc(OC)cc1. The fourth-order valence-corrected chi connectivity index (χ4v) is 3.23. The standard InChI is InChI=1S/C24H32N4O5/c1-3-4-5-6-8-23(29)25-17-7-18-27(20-13-15-22(33-2)16-14-20)24(30)26-19-9-11-21(12-10-19)28(31)32/h9-16H,3-8,17-18H2,1-2H3,(H,25,29)(H,26,30). The average Bonchev–Trinajstić information content (AvgIpc) is 2.82. The molecule has 178 valence electrons. The molecule has 9 nitrogen and oxygen atoms in total. The van der Waals surface area contributed by atoms with Crippen LogP contribution in [0.1, 0.15) is 45.4 Å². The number of hydrogen-bond acceptors (Lipinski definition) is 5. The van der Waals surface area contributed by atoms with Crippen molar-refractivity contribution >= 4 is 29.0 Å². The highest BCUT2D eigenvalue weighted by Crippen LogP contribution is 2.21. The van der Waals surface area contributed by atoms with Crippen LogP contribution in [0.25, 0.3) is 0 Å². The van der Waals surface area contributed by atoms with E-state index in [1.54, 1.807) is 36.3 Å². The molecule has 0 aliphatic rings. The van der Waals surface area contributed by atoms with Crippen LogP contribution < -0.4 is 20.3 Å². The molecule has 9 heteroatoms. The van der Waals surface area contributed by atoms with Crippen LogP contribution in [0.5, 0.6) is 5.75 Å². The number of non-ortho nitro benzene ring substituents is 1. The minimum atomic E-state index is -0.493. The van der Waals surface area contributed by atoms with Crippen LogP contribution >= 0.6 is 0 Å². The van der Waals surface area contributed by atoms with E-state index in [1.807, 2.05) is 0 Å². The van der Waals surface area contributed by atoms with Crippen molar-refractivity contribution in [3.63, 3.8) is 0 Å². The Morgan fingerprint density at radius 1 is 1.00 bits per heavy atom. The summed E-state index contributed by atoms with van der Waals surface area (Å²) in [5.74, 6) is 0.697. The molecule has 0 heterocycles. The molecule has 0 saturated carbocycles. The molecule has 2 aromatic rings. The van der Waals surface area contributed by atoms with Crippen LogP contribution in [-0.2, 0) is 4.79 Å². The second kappa shape index (κ2) is 13.7. The lowest BCUT2D eigenvalue weighted by molar-refractivity contribution is -0.384. The second-order valence-corrected chi connectivity index (χ2v) is 7.60. The summed E-state index contributed by atoms with van der Waals surface area (Å²) in [6.07, 6.45) is 5.29. The molecule has 0 unspecified atom stereocenters. The molecule has 0 radical (unpaired) electrons. The number of nitro benzene ring substituents is 1. The summed E-state index contributed by atoms with van der Waals surface area (Å²) in [6.45, 7) is 2.97. The zero-order valence-electron chi connectivity index (χ0n) is 19.2. The maximum absolute atomic E-state index is 13.0. The van der Waals surface area contributed by atoms with E-state index < -0.39 is 4.92 Å². The van der Waals surface area contributed by atoms with Gasteiger partial charge in [0.05, 0.1) is 12.0 Å². The third kappa shape index (κ3) is 8.80. The average molecular weight is 457 g/mol. The van der Waals surface area contributed by atoms with E-state index in [1.165, 1.54) is 24.3 Å². The van der Waals surface area contributed by atoms with Crippen LogP contribution in [0, 0.1) is 10.1 Å². The van der Waals surface area contributed by atoms with Gasteiger partial charge in [-0.3, -0.25) is 19.8 Å². The molecule has 2 aromatic carbocycles. The Balaban J connectivity index is 1.97. The molecule has 2 rings (SSSR count). The predicted octanol–water partition coefficient (Wildman–Crippen LogP) is 5.12. The van der Waals surface area contributed by atoms with E-state index in [0.717, 1.165) is 25.7 Å². The van der Waals surface area contributed by atoms with Crippen molar-refractivity contribution in [3.05, 3.63) is 58.6 Å². The number of amides is 3. The quantitative estimate of drug-likeness (QED) is 0.247. The molecule has 0 saturated heterocycles. The maximum atomic E-state index is 13.0. The third-order valence-electron chi connectivity index (χ3n) is 5.10. The number of unbranched alkanes of at least 4 members (excludes halogenated alkanes) is 3. The van der Waals surface area contributed by atoms with Crippen molar-refractivity contribution in [3.8, 4) is 5.75 Å². The molecular formula is C24H32N4O5. The number of rotatable bonds is 13. The van der Waals surface area contributed by atoms with Gasteiger partial charge in [-0.05, 0) is 49.2 Å². The van der Waals surface area contributed by atoms with Gasteiger partial charge in [-0.15, -0.1) is 0 Å². The Hall–Kier alpha value is -3.62. The highest BCUT2D eigenvalue weighted by atomic mass is 16.6. The molecule has 0 aliphatic carbocycles. The summed E-state index contributed by atoms with van der Waals surface area (Å²) in [4.78, 5) is 36.9. The van der Waals surface area contributed by atoms with E-state index in [2.05, 4.69) is 17.6 Å². The Kier molecular flexibility index (Phi) is 10.7. The van der Waals surface area contributed by atoms with Gasteiger partial charge >= 0.3 is 6.03 Å². The summed E-state index contributed by atoms with van der Waals surface area (Å²) < 4.78 is 5.19. The van der Waals surface area contributed by atoms with Crippen LogP contribution in [0.15, 0.2) is 48.5 Å². The van der Waals surface area contributed by atoms with Crippen LogP contribution in [0.4, 0.5) is 21.9 Å². The van der Waals surface area contributed by atoms with E-state index >= 15 is 0 Å². The van der Waals surface area contributed by atoms with Crippen molar-refractivity contribution in [1.29, 1.82) is 0 Å². The van der Waals surface area contributed by atoms with Gasteiger partial charge in [-0.25, -0.2) is 4.79 Å². The number of methoxy groups -OCH3 is 1. The number of ether oxygens (including phenoxy) is 1. The summed E-state index contributed by atoms with van der Waals surface area (Å²) in [7, 11) is 1.57. The number of carbonyl (C=O) groups excluding carboxylic acids is 2. The predicted molar refractivity (Wildman–Crippen MR) is 129 cm³/mol. The van der Waals surface area contributed by atoms with Gasteiger partial charge in [0.2, 0.25) is 5.91 Å². The van der Waals surface area contributed by atoms with Gasteiger partial charge in [0.15, 0.2) is 0 Å². The normalized spacial score (nSPS) is 10.4. The monoisotopic (exact) mass is 456 g/mol. The molecular weight excluding hydrogens is 424 g/mol. The first kappa shape index (κ1) is 25.6. The largest absolute Gasteiger partial charge is 0.497 e. The van der Waals surface area contributed by atoms with Crippen LogP contribution in [-0.4, -0.2) is 37.1 Å².